The van der Waals surface area contributed by atoms with Gasteiger partial charge in [0.15, 0.2) is 0 Å². The first kappa shape index (κ1) is 14.6. The van der Waals surface area contributed by atoms with Crippen LogP contribution < -0.4 is 0 Å². The molecule has 1 aromatic carbocycles. The highest BCUT2D eigenvalue weighted by Crippen LogP contribution is 2.28. The summed E-state index contributed by atoms with van der Waals surface area (Å²) in [6.45, 7) is 2.22. The number of carbonyl (C=O) groups is 1. The Bertz CT molecular complexity index is 785. The normalized spacial score (nSPS) is 20.7. The van der Waals surface area contributed by atoms with Crippen molar-refractivity contribution in [3.8, 4) is 0 Å². The van der Waals surface area contributed by atoms with Crippen molar-refractivity contribution in [3.63, 3.8) is 0 Å². The number of carbonyl (C=O) groups excluding carboxylic acids is 1. The second-order valence-corrected chi connectivity index (χ2v) is 7.64. The minimum Gasteiger partial charge on any atom is -0.300 e. The van der Waals surface area contributed by atoms with Gasteiger partial charge < -0.3 is 0 Å². The topological polar surface area (TPSA) is 80.2 Å². The Balaban J connectivity index is 2.00. The van der Waals surface area contributed by atoms with Crippen LogP contribution >= 0.6 is 11.7 Å². The van der Waals surface area contributed by atoms with Crippen molar-refractivity contribution in [3.05, 3.63) is 18.2 Å². The van der Waals surface area contributed by atoms with E-state index < -0.39 is 10.0 Å². The number of aromatic nitrogens is 2. The Kier molecular flexibility index (Phi) is 3.76. The Labute approximate surface area is 127 Å². The van der Waals surface area contributed by atoms with E-state index >= 15 is 0 Å². The van der Waals surface area contributed by atoms with Gasteiger partial charge in [-0.25, -0.2) is 8.42 Å². The minimum atomic E-state index is -3.64. The SMILES string of the molecule is CC(=O)C1CCCN(S(=O)(=O)c2cccc3nsnc23)C1. The van der Waals surface area contributed by atoms with Gasteiger partial charge >= 0.3 is 0 Å². The number of nitrogens with zero attached hydrogens (tertiary/aromatic N) is 3. The summed E-state index contributed by atoms with van der Waals surface area (Å²) in [5.41, 5.74) is 0.994. The molecule has 1 atom stereocenters. The fourth-order valence-electron chi connectivity index (χ4n) is 2.62. The van der Waals surface area contributed by atoms with Gasteiger partial charge in [-0.3, -0.25) is 4.79 Å². The van der Waals surface area contributed by atoms with E-state index in [4.69, 9.17) is 0 Å². The highest BCUT2D eigenvalue weighted by atomic mass is 32.2. The molecule has 1 aromatic heterocycles. The molecule has 1 aliphatic rings. The van der Waals surface area contributed by atoms with Crippen LogP contribution in [0.3, 0.4) is 0 Å². The maximum Gasteiger partial charge on any atom is 0.245 e. The van der Waals surface area contributed by atoms with Crippen molar-refractivity contribution in [1.82, 2.24) is 13.1 Å². The van der Waals surface area contributed by atoms with Crippen molar-refractivity contribution >= 4 is 38.6 Å². The highest BCUT2D eigenvalue weighted by molar-refractivity contribution is 7.89. The molecule has 8 heteroatoms. The summed E-state index contributed by atoms with van der Waals surface area (Å²) >= 11 is 0.998. The summed E-state index contributed by atoms with van der Waals surface area (Å²) in [6, 6.07) is 4.96. The number of ketones is 1. The number of rotatable bonds is 3. The molecule has 6 nitrogen and oxygen atoms in total. The van der Waals surface area contributed by atoms with E-state index in [-0.39, 0.29) is 23.1 Å². The molecule has 0 spiro atoms. The molecule has 2 heterocycles. The molecule has 0 saturated carbocycles. The van der Waals surface area contributed by atoms with Crippen molar-refractivity contribution < 1.29 is 13.2 Å². The number of Topliss-reactive ketones (excluding diaryl/α,β-unsaturated/α-hetero) is 1. The quantitative estimate of drug-likeness (QED) is 0.858. The molecule has 112 valence electrons. The summed E-state index contributed by atoms with van der Waals surface area (Å²) in [5.74, 6) is -0.162. The largest absolute Gasteiger partial charge is 0.300 e. The molecule has 0 bridgehead atoms. The monoisotopic (exact) mass is 325 g/mol. The smallest absolute Gasteiger partial charge is 0.245 e. The number of hydrogen-bond acceptors (Lipinski definition) is 6. The van der Waals surface area contributed by atoms with Gasteiger partial charge in [-0.2, -0.15) is 13.1 Å². The van der Waals surface area contributed by atoms with Gasteiger partial charge in [0.25, 0.3) is 0 Å². The number of sulfonamides is 1. The zero-order valence-electron chi connectivity index (χ0n) is 11.5. The van der Waals surface area contributed by atoms with Crippen LogP contribution in [0.2, 0.25) is 0 Å². The summed E-state index contributed by atoms with van der Waals surface area (Å²) in [6.07, 6.45) is 1.46. The van der Waals surface area contributed by atoms with Gasteiger partial charge in [0, 0.05) is 19.0 Å². The third-order valence-corrected chi connectivity index (χ3v) is 6.27. The minimum absolute atomic E-state index is 0.0448. The van der Waals surface area contributed by atoms with Crippen LogP contribution in [0.25, 0.3) is 11.0 Å². The summed E-state index contributed by atoms with van der Waals surface area (Å²) in [7, 11) is -3.64. The van der Waals surface area contributed by atoms with E-state index in [9.17, 15) is 13.2 Å². The standard InChI is InChI=1S/C13H15N3O3S2/c1-9(17)10-4-3-7-16(8-10)21(18,19)12-6-2-5-11-13(12)15-20-14-11/h2,5-6,10H,3-4,7-8H2,1H3. The molecule has 0 N–H and O–H groups in total. The van der Waals surface area contributed by atoms with E-state index in [1.807, 2.05) is 0 Å². The predicted octanol–water partition coefficient (Wildman–Crippen LogP) is 1.68. The zero-order chi connectivity index (χ0) is 15.0. The average molecular weight is 325 g/mol. The molecule has 1 aliphatic heterocycles. The molecule has 0 aliphatic carbocycles. The molecule has 1 fully saturated rings. The van der Waals surface area contributed by atoms with Crippen LogP contribution in [0.15, 0.2) is 23.1 Å². The summed E-state index contributed by atoms with van der Waals surface area (Å²) in [4.78, 5) is 11.7. The summed E-state index contributed by atoms with van der Waals surface area (Å²) < 4.78 is 35.2. The number of fused-ring (bicyclic) bond motifs is 1. The lowest BCUT2D eigenvalue weighted by atomic mass is 9.96. The zero-order valence-corrected chi connectivity index (χ0v) is 13.2. The molecule has 0 amide bonds. The lowest BCUT2D eigenvalue weighted by Gasteiger charge is -2.30. The van der Waals surface area contributed by atoms with E-state index in [2.05, 4.69) is 8.75 Å². The first-order chi connectivity index (χ1) is 10.00. The third-order valence-electron chi connectivity index (χ3n) is 3.83. The van der Waals surface area contributed by atoms with Crippen LogP contribution in [0.1, 0.15) is 19.8 Å². The highest BCUT2D eigenvalue weighted by Gasteiger charge is 2.33. The van der Waals surface area contributed by atoms with Gasteiger partial charge in [0.2, 0.25) is 10.0 Å². The summed E-state index contributed by atoms with van der Waals surface area (Å²) in [5, 5.41) is 0. The third kappa shape index (κ3) is 2.58. The number of piperidine rings is 1. The Morgan fingerprint density at radius 2 is 2.19 bits per heavy atom. The van der Waals surface area contributed by atoms with Crippen LogP contribution in [-0.2, 0) is 14.8 Å². The van der Waals surface area contributed by atoms with E-state index in [0.29, 0.717) is 24.0 Å². The van der Waals surface area contributed by atoms with Crippen molar-refractivity contribution in [1.29, 1.82) is 0 Å². The van der Waals surface area contributed by atoms with Gasteiger partial charge in [0.1, 0.15) is 21.7 Å². The van der Waals surface area contributed by atoms with Gasteiger partial charge in [-0.15, -0.1) is 0 Å². The second-order valence-electron chi connectivity index (χ2n) is 5.20. The molecule has 0 radical (unpaired) electrons. The Hall–Kier alpha value is -1.38. The lowest BCUT2D eigenvalue weighted by Crippen LogP contribution is -2.41. The van der Waals surface area contributed by atoms with Crippen LogP contribution in [0.5, 0.6) is 0 Å². The number of benzene rings is 1. The second kappa shape index (κ2) is 5.43. The average Bonchev–Trinajstić information content (AvgIpc) is 2.95. The van der Waals surface area contributed by atoms with Crippen LogP contribution in [-0.4, -0.2) is 40.3 Å². The van der Waals surface area contributed by atoms with Gasteiger partial charge in [0.05, 0.1) is 11.7 Å². The fourth-order valence-corrected chi connectivity index (χ4v) is 4.90. The Morgan fingerprint density at radius 3 is 2.95 bits per heavy atom. The fraction of sp³-hybridized carbons (Fsp3) is 0.462. The first-order valence-electron chi connectivity index (χ1n) is 6.72. The molecule has 1 saturated heterocycles. The van der Waals surface area contributed by atoms with Crippen LogP contribution in [0, 0.1) is 5.92 Å². The molecule has 1 unspecified atom stereocenters. The molecular weight excluding hydrogens is 310 g/mol. The van der Waals surface area contributed by atoms with Crippen molar-refractivity contribution in [2.24, 2.45) is 5.92 Å². The van der Waals surface area contributed by atoms with E-state index in [1.54, 1.807) is 18.2 Å². The first-order valence-corrected chi connectivity index (χ1v) is 8.89. The van der Waals surface area contributed by atoms with Crippen LogP contribution in [0.4, 0.5) is 0 Å². The van der Waals surface area contributed by atoms with E-state index in [0.717, 1.165) is 18.1 Å². The maximum atomic E-state index is 12.8. The lowest BCUT2D eigenvalue weighted by molar-refractivity contribution is -0.121. The maximum absolute atomic E-state index is 12.8. The predicted molar refractivity (Wildman–Crippen MR) is 79.6 cm³/mol. The molecular formula is C13H15N3O3S2. The van der Waals surface area contributed by atoms with Gasteiger partial charge in [-0.05, 0) is 31.9 Å². The number of hydrogen-bond donors (Lipinski definition) is 0. The molecule has 21 heavy (non-hydrogen) atoms. The van der Waals surface area contributed by atoms with E-state index in [1.165, 1.54) is 11.2 Å². The van der Waals surface area contributed by atoms with Gasteiger partial charge in [-0.1, -0.05) is 6.07 Å². The Morgan fingerprint density at radius 1 is 1.38 bits per heavy atom. The molecule has 2 aromatic rings. The van der Waals surface area contributed by atoms with Crippen molar-refractivity contribution in [2.45, 2.75) is 24.7 Å². The van der Waals surface area contributed by atoms with Crippen molar-refractivity contribution in [2.75, 3.05) is 13.1 Å². The molecule has 3 rings (SSSR count).